The van der Waals surface area contributed by atoms with E-state index in [1.54, 1.807) is 7.05 Å². The minimum atomic E-state index is -0.871. The predicted octanol–water partition coefficient (Wildman–Crippen LogP) is 2.79. The second kappa shape index (κ2) is 6.41. The molecule has 1 saturated carbocycles. The fraction of sp³-hybridized carbons (Fsp3) is 0.550. The molecule has 1 N–H and O–H groups in total. The van der Waals surface area contributed by atoms with E-state index in [2.05, 4.69) is 26.1 Å². The summed E-state index contributed by atoms with van der Waals surface area (Å²) in [6, 6.07) is 8.72. The van der Waals surface area contributed by atoms with E-state index >= 15 is 0 Å². The van der Waals surface area contributed by atoms with E-state index in [-0.39, 0.29) is 23.8 Å². The Morgan fingerprint density at radius 1 is 1.23 bits per heavy atom. The highest BCUT2D eigenvalue weighted by Crippen LogP contribution is 2.46. The van der Waals surface area contributed by atoms with Crippen LogP contribution in [0.5, 0.6) is 0 Å². The number of carbonyl (C=O) groups is 3. The first-order valence-corrected chi connectivity index (χ1v) is 9.09. The summed E-state index contributed by atoms with van der Waals surface area (Å²) in [6.45, 7) is 6.12. The summed E-state index contributed by atoms with van der Waals surface area (Å²) in [5, 5.41) is 2.91. The summed E-state index contributed by atoms with van der Waals surface area (Å²) < 4.78 is 0. The van der Waals surface area contributed by atoms with Gasteiger partial charge in [-0.3, -0.25) is 14.5 Å². The first-order valence-electron chi connectivity index (χ1n) is 9.09. The van der Waals surface area contributed by atoms with Gasteiger partial charge in [-0.05, 0) is 42.7 Å². The van der Waals surface area contributed by atoms with Crippen molar-refractivity contribution in [2.75, 3.05) is 18.5 Å². The molecule has 1 heterocycles. The van der Waals surface area contributed by atoms with E-state index in [1.165, 1.54) is 4.90 Å². The Morgan fingerprint density at radius 2 is 1.88 bits per heavy atom. The fourth-order valence-corrected chi connectivity index (χ4v) is 4.69. The topological polar surface area (TPSA) is 69.7 Å². The number of nitrogens with zero attached hydrogens (tertiary/aromatic N) is 2. The highest BCUT2D eigenvalue weighted by molar-refractivity contribution is 6.10. The van der Waals surface area contributed by atoms with Crippen molar-refractivity contribution in [3.05, 3.63) is 30.3 Å². The Bertz CT molecular complexity index is 731. The van der Waals surface area contributed by atoms with Crippen LogP contribution >= 0.6 is 0 Å². The second-order valence-electron chi connectivity index (χ2n) is 8.55. The van der Waals surface area contributed by atoms with Crippen molar-refractivity contribution >= 4 is 23.5 Å². The number of hydrogen-bond donors (Lipinski definition) is 1. The monoisotopic (exact) mass is 357 g/mol. The van der Waals surface area contributed by atoms with E-state index in [1.807, 2.05) is 30.3 Å². The molecule has 1 aliphatic carbocycles. The molecule has 1 aliphatic heterocycles. The summed E-state index contributed by atoms with van der Waals surface area (Å²) in [6.07, 6.45) is 2.25. The zero-order chi connectivity index (χ0) is 19.1. The highest BCUT2D eigenvalue weighted by Gasteiger charge is 2.56. The lowest BCUT2D eigenvalue weighted by Gasteiger charge is -2.43. The molecule has 1 saturated heterocycles. The molecule has 1 spiro atoms. The lowest BCUT2D eigenvalue weighted by Crippen LogP contribution is -2.54. The van der Waals surface area contributed by atoms with Crippen LogP contribution in [0.3, 0.4) is 0 Å². The predicted molar refractivity (Wildman–Crippen MR) is 99.6 cm³/mol. The normalized spacial score (nSPS) is 27.5. The largest absolute Gasteiger partial charge is 0.325 e. The molecule has 6 nitrogen and oxygen atoms in total. The van der Waals surface area contributed by atoms with Crippen molar-refractivity contribution in [2.45, 2.75) is 45.6 Å². The van der Waals surface area contributed by atoms with Gasteiger partial charge in [-0.25, -0.2) is 4.79 Å². The third-order valence-corrected chi connectivity index (χ3v) is 5.44. The maximum absolute atomic E-state index is 13.1. The van der Waals surface area contributed by atoms with Crippen LogP contribution < -0.4 is 10.2 Å². The minimum absolute atomic E-state index is 0.0263. The van der Waals surface area contributed by atoms with Gasteiger partial charge in [-0.15, -0.1) is 0 Å². The Kier molecular flexibility index (Phi) is 4.54. The maximum Gasteiger partial charge on any atom is 0.325 e. The molecular formula is C20H27N3O3. The molecule has 140 valence electrons. The molecule has 0 aromatic heterocycles. The standard InChI is InChI=1S/C20H27N3O3/c1-14-10-19(2,3)13-20(11-14)17(25)23(18(26)21-20)12-16(24)22(4)15-8-6-5-7-9-15/h5-9,14H,10-13H2,1-4H3,(H,21,26)/t14-,20-/m1/s1. The van der Waals surface area contributed by atoms with Crippen molar-refractivity contribution in [3.8, 4) is 0 Å². The quantitative estimate of drug-likeness (QED) is 0.846. The first-order chi connectivity index (χ1) is 12.1. The van der Waals surface area contributed by atoms with Crippen LogP contribution in [-0.4, -0.2) is 41.9 Å². The first kappa shape index (κ1) is 18.4. The molecule has 26 heavy (non-hydrogen) atoms. The van der Waals surface area contributed by atoms with E-state index < -0.39 is 11.6 Å². The lowest BCUT2D eigenvalue weighted by atomic mass is 9.64. The van der Waals surface area contributed by atoms with Gasteiger partial charge in [0.2, 0.25) is 5.91 Å². The van der Waals surface area contributed by atoms with Crippen LogP contribution in [0, 0.1) is 11.3 Å². The van der Waals surface area contributed by atoms with E-state index in [4.69, 9.17) is 0 Å². The fourth-order valence-electron chi connectivity index (χ4n) is 4.69. The number of hydrogen-bond acceptors (Lipinski definition) is 3. The number of likely N-dealkylation sites (N-methyl/N-ethyl adjacent to an activating group) is 1. The SMILES string of the molecule is C[C@@H]1CC(C)(C)C[C@@]2(C1)NC(=O)N(CC(=O)N(C)c1ccccc1)C2=O. The number of benzene rings is 1. The van der Waals surface area contributed by atoms with Gasteiger partial charge in [-0.2, -0.15) is 0 Å². The highest BCUT2D eigenvalue weighted by atomic mass is 16.2. The second-order valence-corrected chi connectivity index (χ2v) is 8.55. The number of nitrogens with one attached hydrogen (secondary N) is 1. The molecule has 2 fully saturated rings. The molecule has 1 aromatic rings. The van der Waals surface area contributed by atoms with Crippen LogP contribution in [0.2, 0.25) is 0 Å². The molecule has 2 aliphatic rings. The van der Waals surface area contributed by atoms with Gasteiger partial charge >= 0.3 is 6.03 Å². The number of urea groups is 1. The zero-order valence-electron chi connectivity index (χ0n) is 15.9. The molecule has 0 bridgehead atoms. The summed E-state index contributed by atoms with van der Waals surface area (Å²) >= 11 is 0. The Balaban J connectivity index is 1.76. The van der Waals surface area contributed by atoms with Crippen LogP contribution in [0.15, 0.2) is 30.3 Å². The average Bonchev–Trinajstić information content (AvgIpc) is 2.76. The maximum atomic E-state index is 13.1. The van der Waals surface area contributed by atoms with Crippen molar-refractivity contribution < 1.29 is 14.4 Å². The number of para-hydroxylation sites is 1. The number of rotatable bonds is 3. The van der Waals surface area contributed by atoms with E-state index in [0.717, 1.165) is 17.0 Å². The van der Waals surface area contributed by atoms with Crippen LogP contribution in [0.25, 0.3) is 0 Å². The summed E-state index contributed by atoms with van der Waals surface area (Å²) in [4.78, 5) is 40.7. The minimum Gasteiger partial charge on any atom is -0.323 e. The number of imide groups is 1. The molecule has 1 aromatic carbocycles. The van der Waals surface area contributed by atoms with Crippen molar-refractivity contribution in [2.24, 2.45) is 11.3 Å². The van der Waals surface area contributed by atoms with Gasteiger partial charge in [0.1, 0.15) is 12.1 Å². The van der Waals surface area contributed by atoms with Gasteiger partial charge in [0.05, 0.1) is 0 Å². The van der Waals surface area contributed by atoms with Crippen molar-refractivity contribution in [1.29, 1.82) is 0 Å². The average molecular weight is 357 g/mol. The van der Waals surface area contributed by atoms with E-state index in [9.17, 15) is 14.4 Å². The summed E-state index contributed by atoms with van der Waals surface area (Å²) in [7, 11) is 1.65. The van der Waals surface area contributed by atoms with Gasteiger partial charge < -0.3 is 10.2 Å². The van der Waals surface area contributed by atoms with E-state index in [0.29, 0.717) is 18.8 Å². The Hall–Kier alpha value is -2.37. The number of carbonyl (C=O) groups excluding carboxylic acids is 3. The van der Waals surface area contributed by atoms with Gasteiger partial charge in [0, 0.05) is 12.7 Å². The third kappa shape index (κ3) is 3.32. The molecule has 0 radical (unpaired) electrons. The molecule has 0 unspecified atom stereocenters. The Labute approximate surface area is 154 Å². The molecule has 6 heteroatoms. The molecule has 3 rings (SSSR count). The lowest BCUT2D eigenvalue weighted by molar-refractivity contribution is -0.137. The van der Waals surface area contributed by atoms with Crippen LogP contribution in [-0.2, 0) is 9.59 Å². The number of anilines is 1. The number of amides is 4. The van der Waals surface area contributed by atoms with Gasteiger partial charge in [0.15, 0.2) is 0 Å². The third-order valence-electron chi connectivity index (χ3n) is 5.44. The van der Waals surface area contributed by atoms with Crippen LogP contribution in [0.4, 0.5) is 10.5 Å². The van der Waals surface area contributed by atoms with Gasteiger partial charge in [-0.1, -0.05) is 39.0 Å². The molecular weight excluding hydrogens is 330 g/mol. The van der Waals surface area contributed by atoms with Crippen molar-refractivity contribution in [1.82, 2.24) is 10.2 Å². The molecule has 2 atom stereocenters. The smallest absolute Gasteiger partial charge is 0.323 e. The summed E-state index contributed by atoms with van der Waals surface area (Å²) in [5.41, 5.74) is -0.169. The van der Waals surface area contributed by atoms with Crippen molar-refractivity contribution in [3.63, 3.8) is 0 Å². The van der Waals surface area contributed by atoms with Gasteiger partial charge in [0.25, 0.3) is 5.91 Å². The zero-order valence-corrected chi connectivity index (χ0v) is 15.9. The van der Waals surface area contributed by atoms with Crippen LogP contribution in [0.1, 0.15) is 40.0 Å². The summed E-state index contributed by atoms with van der Waals surface area (Å²) in [5.74, 6) is -0.220. The molecule has 4 amide bonds. The Morgan fingerprint density at radius 3 is 2.50 bits per heavy atom.